The van der Waals surface area contributed by atoms with E-state index in [0.29, 0.717) is 98.0 Å². The summed E-state index contributed by atoms with van der Waals surface area (Å²) >= 11 is 0. The Kier molecular flexibility index (Phi) is 23.7. The van der Waals surface area contributed by atoms with Crippen molar-refractivity contribution >= 4 is 188 Å². The van der Waals surface area contributed by atoms with Gasteiger partial charge in [0.05, 0.1) is 33.4 Å². The van der Waals surface area contributed by atoms with E-state index in [1.54, 1.807) is 0 Å². The highest BCUT2D eigenvalue weighted by atomic mass is 31.3. The molecule has 0 fully saturated rings. The Morgan fingerprint density at radius 2 is 0.233 bits per heavy atom. The third-order valence-corrected chi connectivity index (χ3v) is 34.2. The number of nitrogens with zero attached hydrogens (tertiary/aromatic N) is 3. The zero-order chi connectivity index (χ0) is 101. The third kappa shape index (κ3) is 18.1. The second kappa shape index (κ2) is 38.7. The molecule has 720 valence electrons. The first-order valence-electron chi connectivity index (χ1n) is 48.0. The highest BCUT2D eigenvalue weighted by molar-refractivity contribution is 7.79. The van der Waals surface area contributed by atoms with Crippen LogP contribution in [0, 0.1) is 0 Å². The van der Waals surface area contributed by atoms with E-state index in [0.717, 1.165) is 64.6 Å². The molecule has 0 radical (unpaired) electrons. The van der Waals surface area contributed by atoms with Crippen LogP contribution in [0.2, 0.25) is 0 Å². The maximum absolute atomic E-state index is 15.1. The van der Waals surface area contributed by atoms with Crippen LogP contribution in [0.4, 0.5) is 0 Å². The minimum Gasteiger partial charge on any atom is -0.423 e. The summed E-state index contributed by atoms with van der Waals surface area (Å²) in [5.74, 6) is -3.53. The molecule has 24 aromatic rings. The number of carbonyl (C=O) groups is 6. The lowest BCUT2D eigenvalue weighted by molar-refractivity contribution is 0.0729. The van der Waals surface area contributed by atoms with E-state index in [1.165, 1.54) is 146 Å². The third-order valence-electron chi connectivity index (χ3n) is 26.1. The summed E-state index contributed by atoms with van der Waals surface area (Å²) in [5.41, 5.74) is 2.00. The van der Waals surface area contributed by atoms with Crippen LogP contribution in [0.25, 0.3) is 129 Å². The largest absolute Gasteiger partial charge is 0.460 e. The molecular weight excluding hydrogens is 1940 g/mol. The van der Waals surface area contributed by atoms with Gasteiger partial charge in [0.2, 0.25) is 0 Å². The van der Waals surface area contributed by atoms with Crippen molar-refractivity contribution in [2.75, 3.05) is 0 Å². The maximum Gasteiger partial charge on any atom is 0.460 e. The van der Waals surface area contributed by atoms with Gasteiger partial charge in [-0.05, 0) is 311 Å². The van der Waals surface area contributed by atoms with Crippen LogP contribution in [-0.4, -0.2) is 35.8 Å². The van der Waals surface area contributed by atoms with Crippen LogP contribution >= 0.6 is 23.0 Å². The molecule has 1 heterocycles. The normalized spacial score (nSPS) is 12.9. The summed E-state index contributed by atoms with van der Waals surface area (Å²) in [6, 6.07) is 140. The Morgan fingerprint density at radius 1 is 0.133 bits per heavy atom. The highest BCUT2D eigenvalue weighted by Gasteiger charge is 2.50. The van der Waals surface area contributed by atoms with E-state index < -0.39 is 58.8 Å². The van der Waals surface area contributed by atoms with Gasteiger partial charge >= 0.3 is 58.8 Å². The number of fused-ring (bicyclic) bond motifs is 12. The van der Waals surface area contributed by atoms with Crippen molar-refractivity contribution in [3.05, 3.63) is 507 Å². The molecule has 25 rings (SSSR count). The number of ether oxygens (including phenoxy) is 6. The molecule has 150 heavy (non-hydrogen) atoms. The molecule has 0 bridgehead atoms. The zero-order valence-electron chi connectivity index (χ0n) is 79.1. The van der Waals surface area contributed by atoms with Crippen LogP contribution in [0.5, 0.6) is 69.0 Å². The molecule has 1 aliphatic heterocycles. The Hall–Kier alpha value is -19.3. The molecule has 0 N–H and O–H groups in total. The number of hydrogen-bond acceptors (Lipinski definition) is 21. The van der Waals surface area contributed by atoms with Crippen molar-refractivity contribution in [2.45, 2.75) is 0 Å². The van der Waals surface area contributed by atoms with Crippen LogP contribution in [0.15, 0.2) is 487 Å². The van der Waals surface area contributed by atoms with Crippen molar-refractivity contribution in [1.82, 2.24) is 0 Å². The SMILES string of the molecule is O=C(Oc1ccc(OP2(Oc3ccc(OC(=O)c4c5ccccc5cc5ccccc45)cc3)=NP(Oc3ccc(OC(=O)c4c5ccccc5cc5ccccc45)cc3)(Oc3ccc(OC(=O)c4c5ccccc5cc5ccccc45)cc3)=NP(Oc3ccc(OC(=O)c4c5ccccc5cc5ccccc45)cc3)(Oc3ccc(OC(=O)c4c5ccccc5cc5ccccc45)cc3)=N2)cc1)c1c2ccccc2cc2ccccc12. The molecule has 0 unspecified atom stereocenters. The zero-order valence-corrected chi connectivity index (χ0v) is 81.7. The average molecular weight is 2010 g/mol. The van der Waals surface area contributed by atoms with Gasteiger partial charge in [-0.25, -0.2) is 28.8 Å². The first kappa shape index (κ1) is 91.9. The van der Waals surface area contributed by atoms with Gasteiger partial charge in [-0.3, -0.25) is 0 Å². The molecule has 0 saturated carbocycles. The molecule has 0 saturated heterocycles. The number of esters is 6. The van der Waals surface area contributed by atoms with Gasteiger partial charge in [0.15, 0.2) is 0 Å². The number of hydrogen-bond donors (Lipinski definition) is 0. The molecular formula is C126H78N3O18P3. The van der Waals surface area contributed by atoms with E-state index in [2.05, 4.69) is 0 Å². The summed E-state index contributed by atoms with van der Waals surface area (Å²) in [6.07, 6.45) is 0. The highest BCUT2D eigenvalue weighted by Crippen LogP contribution is 2.79. The number of benzene rings is 24. The first-order valence-corrected chi connectivity index (χ1v) is 52.6. The van der Waals surface area contributed by atoms with Crippen LogP contribution in [0.3, 0.4) is 0 Å². The monoisotopic (exact) mass is 2010 g/mol. The van der Waals surface area contributed by atoms with Gasteiger partial charge in [0.25, 0.3) is 0 Å². The summed E-state index contributed by atoms with van der Waals surface area (Å²) in [4.78, 5) is 90.4. The molecule has 0 aliphatic carbocycles. The molecule has 24 aromatic carbocycles. The number of rotatable bonds is 24. The van der Waals surface area contributed by atoms with Gasteiger partial charge in [-0.1, -0.05) is 305 Å². The Balaban J connectivity index is 0.679. The average Bonchev–Trinajstić information content (AvgIpc) is 0.723. The topological polar surface area (TPSA) is 250 Å². The minimum atomic E-state index is -5.07. The lowest BCUT2D eigenvalue weighted by atomic mass is 9.97. The fourth-order valence-corrected chi connectivity index (χ4v) is 28.4. The van der Waals surface area contributed by atoms with Crippen molar-refractivity contribution in [1.29, 1.82) is 0 Å². The Morgan fingerprint density at radius 3 is 0.347 bits per heavy atom. The predicted octanol–water partition coefficient (Wildman–Crippen LogP) is 33.5. The van der Waals surface area contributed by atoms with Gasteiger partial charge in [-0.2, -0.15) is 0 Å². The van der Waals surface area contributed by atoms with Gasteiger partial charge in [0.1, 0.15) is 69.0 Å². The first-order chi connectivity index (χ1) is 73.6. The predicted molar refractivity (Wildman–Crippen MR) is 589 cm³/mol. The number of carbonyl (C=O) groups excluding carboxylic acids is 6. The van der Waals surface area contributed by atoms with Crippen molar-refractivity contribution in [2.24, 2.45) is 13.5 Å². The maximum atomic E-state index is 15.1. The van der Waals surface area contributed by atoms with Gasteiger partial charge in [0, 0.05) is 0 Å². The Bertz CT molecular complexity index is 8120. The lowest BCUT2D eigenvalue weighted by Gasteiger charge is -2.33. The standard InChI is InChI=1S/C126H78N3O18P3/c130-121(115-103-37-13-1-25-79(103)73-80-26-2-14-38-104(80)115)136-91-49-61-97(62-50-91)142-148(143-98-63-51-92(52-64-98)137-122(131)116-105-39-15-3-27-81(105)74-82-28-4-16-40-106(82)116)127-149(144-99-65-53-93(54-66-99)138-123(132)117-107-41-17-5-29-83(107)75-84-30-6-18-42-108(84)117,145-100-67-55-94(56-68-100)139-124(133)118-109-43-19-7-31-85(109)76-86-32-8-20-44-110(86)118)129-150(128-148,146-101-69-57-95(58-70-101)140-125(134)119-111-45-21-9-33-87(111)77-88-34-10-22-46-112(88)119)147-102-71-59-96(60-72-102)141-126(135)120-113-47-23-11-35-89(113)78-90-36-12-24-48-114(90)120/h1-78H. The van der Waals surface area contributed by atoms with Crippen molar-refractivity contribution in [3.63, 3.8) is 0 Å². The van der Waals surface area contributed by atoms with E-state index in [4.69, 9.17) is 69.1 Å². The summed E-state index contributed by atoms with van der Waals surface area (Å²) < 4.78 is 100. The van der Waals surface area contributed by atoms with E-state index in [-0.39, 0.29) is 69.0 Å². The quantitative estimate of drug-likeness (QED) is 0.0236. The van der Waals surface area contributed by atoms with Crippen LogP contribution < -0.4 is 55.6 Å². The molecule has 0 atom stereocenters. The van der Waals surface area contributed by atoms with Crippen molar-refractivity contribution < 1.29 is 84.3 Å². The Labute approximate surface area is 855 Å². The second-order valence-electron chi connectivity index (χ2n) is 35.6. The van der Waals surface area contributed by atoms with Gasteiger partial charge in [-0.15, -0.1) is 0 Å². The van der Waals surface area contributed by atoms with Crippen molar-refractivity contribution in [3.8, 4) is 69.0 Å². The van der Waals surface area contributed by atoms with E-state index >= 15 is 28.8 Å². The fourth-order valence-electron chi connectivity index (χ4n) is 19.3. The molecule has 21 nitrogen and oxygen atoms in total. The molecule has 24 heteroatoms. The van der Waals surface area contributed by atoms with Gasteiger partial charge < -0.3 is 55.6 Å². The fraction of sp³-hybridized carbons (Fsp3) is 0. The van der Waals surface area contributed by atoms with E-state index in [9.17, 15) is 0 Å². The lowest BCUT2D eigenvalue weighted by Crippen LogP contribution is -2.12. The summed E-state index contributed by atoms with van der Waals surface area (Å²) in [5, 5.41) is 17.8. The summed E-state index contributed by atoms with van der Waals surface area (Å²) in [7, 11) is -15.2. The molecule has 1 aliphatic rings. The smallest absolute Gasteiger partial charge is 0.423 e. The molecule has 0 amide bonds. The molecule has 0 spiro atoms. The van der Waals surface area contributed by atoms with Crippen LogP contribution in [0.1, 0.15) is 62.1 Å². The molecule has 0 aromatic heterocycles. The minimum absolute atomic E-state index is 0.0252. The van der Waals surface area contributed by atoms with Crippen LogP contribution in [-0.2, 0) is 0 Å². The summed E-state index contributed by atoms with van der Waals surface area (Å²) in [6.45, 7) is 0. The van der Waals surface area contributed by atoms with E-state index in [1.807, 2.05) is 328 Å². The second-order valence-corrected chi connectivity index (χ2v) is 41.8.